The highest BCUT2D eigenvalue weighted by Gasteiger charge is 2.33. The fourth-order valence-corrected chi connectivity index (χ4v) is 2.65. The fraction of sp³-hybridized carbons (Fsp3) is 0.294. The molecular formula is C17H21NO. The highest BCUT2D eigenvalue weighted by atomic mass is 16.5. The second-order valence-electron chi connectivity index (χ2n) is 4.78. The number of benzene rings is 2. The van der Waals surface area contributed by atoms with Crippen LogP contribution in [-0.4, -0.2) is 27.3 Å². The van der Waals surface area contributed by atoms with Crippen LogP contribution in [0.3, 0.4) is 0 Å². The quantitative estimate of drug-likeness (QED) is 0.857. The monoisotopic (exact) mass is 255 g/mol. The largest absolute Gasteiger partial charge is 0.383 e. The Bertz CT molecular complexity index is 434. The number of rotatable bonds is 6. The van der Waals surface area contributed by atoms with Crippen molar-refractivity contribution in [3.63, 3.8) is 0 Å². The zero-order valence-corrected chi connectivity index (χ0v) is 11.6. The lowest BCUT2D eigenvalue weighted by atomic mass is 9.75. The summed E-state index contributed by atoms with van der Waals surface area (Å²) < 4.78 is 5.53. The van der Waals surface area contributed by atoms with E-state index in [2.05, 4.69) is 53.8 Å². The summed E-state index contributed by atoms with van der Waals surface area (Å²) in [4.78, 5) is 0. The molecule has 1 N–H and O–H groups in total. The highest BCUT2D eigenvalue weighted by molar-refractivity contribution is 5.40. The molecular weight excluding hydrogens is 234 g/mol. The van der Waals surface area contributed by atoms with E-state index >= 15 is 0 Å². The predicted octanol–water partition coefficient (Wildman–Crippen LogP) is 2.84. The molecule has 0 fully saturated rings. The van der Waals surface area contributed by atoms with Crippen LogP contribution in [0.2, 0.25) is 0 Å². The van der Waals surface area contributed by atoms with Crippen molar-refractivity contribution in [2.45, 2.75) is 5.41 Å². The Labute approximate surface area is 115 Å². The first-order chi connectivity index (χ1) is 9.33. The molecule has 2 aromatic rings. The maximum Gasteiger partial charge on any atom is 0.0612 e. The van der Waals surface area contributed by atoms with Crippen LogP contribution in [0.15, 0.2) is 60.7 Å². The Kier molecular flexibility index (Phi) is 4.72. The molecule has 2 heteroatoms. The maximum atomic E-state index is 5.53. The van der Waals surface area contributed by atoms with Gasteiger partial charge in [0.1, 0.15) is 0 Å². The van der Waals surface area contributed by atoms with E-state index in [0.717, 1.165) is 6.54 Å². The molecule has 0 heterocycles. The third-order valence-electron chi connectivity index (χ3n) is 3.52. The van der Waals surface area contributed by atoms with Gasteiger partial charge < -0.3 is 10.1 Å². The molecule has 19 heavy (non-hydrogen) atoms. The Morgan fingerprint density at radius 1 is 0.895 bits per heavy atom. The molecule has 0 unspecified atom stereocenters. The number of ether oxygens (including phenoxy) is 1. The molecule has 0 aliphatic rings. The van der Waals surface area contributed by atoms with Gasteiger partial charge in [-0.1, -0.05) is 60.7 Å². The maximum absolute atomic E-state index is 5.53. The third-order valence-corrected chi connectivity index (χ3v) is 3.52. The summed E-state index contributed by atoms with van der Waals surface area (Å²) in [5, 5.41) is 3.31. The van der Waals surface area contributed by atoms with Gasteiger partial charge in [-0.3, -0.25) is 0 Å². The molecule has 0 aromatic heterocycles. The molecule has 0 saturated heterocycles. The summed E-state index contributed by atoms with van der Waals surface area (Å²) >= 11 is 0. The second kappa shape index (κ2) is 6.50. The lowest BCUT2D eigenvalue weighted by molar-refractivity contribution is 0.147. The smallest absolute Gasteiger partial charge is 0.0612 e. The first-order valence-corrected chi connectivity index (χ1v) is 6.58. The fourth-order valence-electron chi connectivity index (χ4n) is 2.65. The zero-order valence-electron chi connectivity index (χ0n) is 11.6. The van der Waals surface area contributed by atoms with Gasteiger partial charge in [0.2, 0.25) is 0 Å². The van der Waals surface area contributed by atoms with Crippen molar-refractivity contribution in [3.8, 4) is 0 Å². The summed E-state index contributed by atoms with van der Waals surface area (Å²) in [5.41, 5.74) is 2.40. The minimum Gasteiger partial charge on any atom is -0.383 e. The van der Waals surface area contributed by atoms with Crippen molar-refractivity contribution in [2.75, 3.05) is 27.3 Å². The van der Waals surface area contributed by atoms with Gasteiger partial charge in [0.05, 0.1) is 12.0 Å². The molecule has 0 bridgehead atoms. The molecule has 2 rings (SSSR count). The standard InChI is InChI=1S/C17H21NO/c1-18-13-17(14-19-2,15-9-5-3-6-10-15)16-11-7-4-8-12-16/h3-12,18H,13-14H2,1-2H3. The Morgan fingerprint density at radius 3 is 1.74 bits per heavy atom. The van der Waals surface area contributed by atoms with E-state index in [1.807, 2.05) is 19.2 Å². The molecule has 0 aliphatic heterocycles. The second-order valence-corrected chi connectivity index (χ2v) is 4.78. The van der Waals surface area contributed by atoms with Crippen LogP contribution in [0.4, 0.5) is 0 Å². The predicted molar refractivity (Wildman–Crippen MR) is 79.5 cm³/mol. The van der Waals surface area contributed by atoms with E-state index in [0.29, 0.717) is 6.61 Å². The van der Waals surface area contributed by atoms with Crippen molar-refractivity contribution >= 4 is 0 Å². The van der Waals surface area contributed by atoms with Crippen LogP contribution >= 0.6 is 0 Å². The Hall–Kier alpha value is -1.64. The summed E-state index contributed by atoms with van der Waals surface area (Å²) in [6, 6.07) is 21.1. The van der Waals surface area contributed by atoms with Crippen molar-refractivity contribution < 1.29 is 4.74 Å². The van der Waals surface area contributed by atoms with Crippen molar-refractivity contribution in [1.29, 1.82) is 0 Å². The number of hydrogen-bond acceptors (Lipinski definition) is 2. The van der Waals surface area contributed by atoms with Gasteiger partial charge in [0.25, 0.3) is 0 Å². The van der Waals surface area contributed by atoms with Gasteiger partial charge in [-0.15, -0.1) is 0 Å². The molecule has 0 radical (unpaired) electrons. The first-order valence-electron chi connectivity index (χ1n) is 6.58. The van der Waals surface area contributed by atoms with Crippen LogP contribution < -0.4 is 5.32 Å². The Balaban J connectivity index is 2.54. The van der Waals surface area contributed by atoms with E-state index in [-0.39, 0.29) is 5.41 Å². The average molecular weight is 255 g/mol. The van der Waals surface area contributed by atoms with Crippen LogP contribution in [0.1, 0.15) is 11.1 Å². The van der Waals surface area contributed by atoms with Crippen molar-refractivity contribution in [1.82, 2.24) is 5.32 Å². The van der Waals surface area contributed by atoms with Crippen LogP contribution in [0.5, 0.6) is 0 Å². The van der Waals surface area contributed by atoms with E-state index < -0.39 is 0 Å². The number of methoxy groups -OCH3 is 1. The van der Waals surface area contributed by atoms with Crippen molar-refractivity contribution in [3.05, 3.63) is 71.8 Å². The van der Waals surface area contributed by atoms with E-state index in [9.17, 15) is 0 Å². The molecule has 0 atom stereocenters. The van der Waals surface area contributed by atoms with Crippen LogP contribution in [0, 0.1) is 0 Å². The molecule has 0 aliphatic carbocycles. The van der Waals surface area contributed by atoms with E-state index in [1.165, 1.54) is 11.1 Å². The van der Waals surface area contributed by atoms with Gasteiger partial charge >= 0.3 is 0 Å². The zero-order chi connectivity index (χ0) is 13.6. The number of nitrogens with one attached hydrogen (secondary N) is 1. The Morgan fingerprint density at radius 2 is 1.37 bits per heavy atom. The average Bonchev–Trinajstić information content (AvgIpc) is 2.49. The number of likely N-dealkylation sites (N-methyl/N-ethyl adjacent to an activating group) is 1. The summed E-state index contributed by atoms with van der Waals surface area (Å²) in [5.74, 6) is 0. The van der Waals surface area contributed by atoms with Gasteiger partial charge in [-0.2, -0.15) is 0 Å². The van der Waals surface area contributed by atoms with Crippen LogP contribution in [0.25, 0.3) is 0 Å². The molecule has 2 nitrogen and oxygen atoms in total. The first kappa shape index (κ1) is 13.8. The lowest BCUT2D eigenvalue weighted by Crippen LogP contribution is -2.42. The minimum atomic E-state index is -0.147. The van der Waals surface area contributed by atoms with E-state index in [1.54, 1.807) is 7.11 Å². The van der Waals surface area contributed by atoms with Crippen LogP contribution in [-0.2, 0) is 10.2 Å². The highest BCUT2D eigenvalue weighted by Crippen LogP contribution is 2.32. The minimum absolute atomic E-state index is 0.147. The van der Waals surface area contributed by atoms with Crippen molar-refractivity contribution in [2.24, 2.45) is 0 Å². The van der Waals surface area contributed by atoms with E-state index in [4.69, 9.17) is 4.74 Å². The summed E-state index contributed by atoms with van der Waals surface area (Å²) in [6.07, 6.45) is 0. The topological polar surface area (TPSA) is 21.3 Å². The SMILES string of the molecule is CNCC(COC)(c1ccccc1)c1ccccc1. The summed E-state index contributed by atoms with van der Waals surface area (Å²) in [7, 11) is 3.74. The third kappa shape index (κ3) is 2.86. The lowest BCUT2D eigenvalue weighted by Gasteiger charge is -2.34. The van der Waals surface area contributed by atoms with Gasteiger partial charge in [0, 0.05) is 13.7 Å². The normalized spacial score (nSPS) is 11.5. The van der Waals surface area contributed by atoms with Gasteiger partial charge in [-0.05, 0) is 18.2 Å². The molecule has 2 aromatic carbocycles. The summed E-state index contributed by atoms with van der Waals surface area (Å²) in [6.45, 7) is 1.50. The number of hydrogen-bond donors (Lipinski definition) is 1. The molecule has 0 spiro atoms. The molecule has 0 amide bonds. The molecule has 0 saturated carbocycles. The van der Waals surface area contributed by atoms with Gasteiger partial charge in [-0.25, -0.2) is 0 Å². The molecule has 100 valence electrons. The van der Waals surface area contributed by atoms with Gasteiger partial charge in [0.15, 0.2) is 0 Å².